The van der Waals surface area contributed by atoms with Crippen LogP contribution in [0.1, 0.15) is 18.4 Å². The molecule has 2 aliphatic rings. The third-order valence-corrected chi connectivity index (χ3v) is 9.71. The predicted molar refractivity (Wildman–Crippen MR) is 132 cm³/mol. The van der Waals surface area contributed by atoms with Crippen molar-refractivity contribution in [3.63, 3.8) is 0 Å². The minimum absolute atomic E-state index is 0.155. The lowest BCUT2D eigenvalue weighted by Gasteiger charge is -2.26. The van der Waals surface area contributed by atoms with E-state index in [9.17, 15) is 8.42 Å². The number of benzene rings is 2. The number of sulfonamides is 1. The highest BCUT2D eigenvalue weighted by Crippen LogP contribution is 2.32. The third-order valence-electron chi connectivity index (χ3n) is 6.02. The van der Waals surface area contributed by atoms with Gasteiger partial charge in [-0.2, -0.15) is 4.31 Å². The molecule has 0 amide bonds. The summed E-state index contributed by atoms with van der Waals surface area (Å²) in [5.41, 5.74) is 2.81. The summed E-state index contributed by atoms with van der Waals surface area (Å²) in [6.45, 7) is 3.10. The molecule has 7 nitrogen and oxygen atoms in total. The zero-order valence-electron chi connectivity index (χ0n) is 18.2. The van der Waals surface area contributed by atoms with Gasteiger partial charge in [0.15, 0.2) is 5.16 Å². The van der Waals surface area contributed by atoms with Gasteiger partial charge in [0.2, 0.25) is 10.0 Å². The van der Waals surface area contributed by atoms with Crippen LogP contribution in [0.4, 0.5) is 0 Å². The van der Waals surface area contributed by atoms with Gasteiger partial charge < -0.3 is 14.0 Å². The van der Waals surface area contributed by atoms with E-state index in [4.69, 9.17) is 14.5 Å². The van der Waals surface area contributed by atoms with Crippen LogP contribution < -0.4 is 0 Å². The SMILES string of the molecule is O=S(=O)(c1ccc2c(c1)nc(SCc1ccccc1Br)n2CC1CCCO1)N1CCOCC1. The van der Waals surface area contributed by atoms with Gasteiger partial charge in [-0.15, -0.1) is 0 Å². The standard InChI is InChI=1S/C23H26BrN3O4S2/c24-20-6-2-1-4-17(20)16-32-23-25-21-14-19(33(28,29)26-9-12-30-13-10-26)7-8-22(21)27(23)15-18-5-3-11-31-18/h1-2,4,6-8,14,18H,3,5,9-13,15-16H2. The van der Waals surface area contributed by atoms with Crippen LogP contribution in [0.3, 0.4) is 0 Å². The summed E-state index contributed by atoms with van der Waals surface area (Å²) < 4.78 is 42.3. The predicted octanol–water partition coefficient (Wildman–Crippen LogP) is 4.29. The number of imidazole rings is 1. The zero-order valence-corrected chi connectivity index (χ0v) is 21.4. The van der Waals surface area contributed by atoms with E-state index in [1.807, 2.05) is 24.3 Å². The molecule has 176 valence electrons. The lowest BCUT2D eigenvalue weighted by atomic mass is 10.2. The first kappa shape index (κ1) is 23.3. The van der Waals surface area contributed by atoms with Crippen LogP contribution in [-0.4, -0.2) is 61.3 Å². The quantitative estimate of drug-likeness (QED) is 0.408. The number of thioether (sulfide) groups is 1. The summed E-state index contributed by atoms with van der Waals surface area (Å²) in [6.07, 6.45) is 2.25. The smallest absolute Gasteiger partial charge is 0.243 e. The van der Waals surface area contributed by atoms with E-state index in [0.717, 1.165) is 40.3 Å². The fraction of sp³-hybridized carbons (Fsp3) is 0.435. The minimum atomic E-state index is -3.57. The Kier molecular flexibility index (Phi) is 7.10. The van der Waals surface area contributed by atoms with Crippen molar-refractivity contribution in [2.24, 2.45) is 0 Å². The molecule has 2 aliphatic heterocycles. The molecule has 0 N–H and O–H groups in total. The average molecular weight is 553 g/mol. The molecule has 2 aromatic carbocycles. The molecule has 3 heterocycles. The number of ether oxygens (including phenoxy) is 2. The Balaban J connectivity index is 1.48. The molecule has 0 spiro atoms. The second kappa shape index (κ2) is 10.1. The van der Waals surface area contributed by atoms with E-state index in [0.29, 0.717) is 38.4 Å². The van der Waals surface area contributed by atoms with Crippen LogP contribution in [0.5, 0.6) is 0 Å². The lowest BCUT2D eigenvalue weighted by molar-refractivity contribution is 0.0730. The molecular formula is C23H26BrN3O4S2. The molecule has 1 unspecified atom stereocenters. The van der Waals surface area contributed by atoms with Gasteiger partial charge in [0.1, 0.15) is 0 Å². The number of hydrogen-bond acceptors (Lipinski definition) is 6. The van der Waals surface area contributed by atoms with Gasteiger partial charge >= 0.3 is 0 Å². The highest BCUT2D eigenvalue weighted by Gasteiger charge is 2.27. The maximum Gasteiger partial charge on any atom is 0.243 e. The third kappa shape index (κ3) is 5.01. The van der Waals surface area contributed by atoms with Gasteiger partial charge in [-0.1, -0.05) is 45.9 Å². The van der Waals surface area contributed by atoms with E-state index >= 15 is 0 Å². The number of aromatic nitrogens is 2. The number of fused-ring (bicyclic) bond motifs is 1. The molecule has 1 atom stereocenters. The molecule has 2 fully saturated rings. The van der Waals surface area contributed by atoms with Crippen LogP contribution in [0.2, 0.25) is 0 Å². The van der Waals surface area contributed by atoms with Gasteiger partial charge in [0.05, 0.1) is 41.8 Å². The summed E-state index contributed by atoms with van der Waals surface area (Å²) in [5, 5.41) is 0.872. The van der Waals surface area contributed by atoms with Crippen molar-refractivity contribution in [3.05, 3.63) is 52.5 Å². The summed E-state index contributed by atoms with van der Waals surface area (Å²) in [4.78, 5) is 5.14. The Labute approximate surface area is 206 Å². The fourth-order valence-corrected chi connectivity index (χ4v) is 7.29. The van der Waals surface area contributed by atoms with Gasteiger partial charge in [-0.25, -0.2) is 13.4 Å². The molecule has 33 heavy (non-hydrogen) atoms. The highest BCUT2D eigenvalue weighted by molar-refractivity contribution is 9.10. The van der Waals surface area contributed by atoms with Crippen molar-refractivity contribution < 1.29 is 17.9 Å². The molecule has 2 saturated heterocycles. The van der Waals surface area contributed by atoms with Crippen molar-refractivity contribution in [1.82, 2.24) is 13.9 Å². The van der Waals surface area contributed by atoms with Crippen LogP contribution in [0.25, 0.3) is 11.0 Å². The second-order valence-electron chi connectivity index (χ2n) is 8.19. The van der Waals surface area contributed by atoms with Gasteiger partial charge in [0.25, 0.3) is 0 Å². The Morgan fingerprint density at radius 2 is 1.94 bits per heavy atom. The summed E-state index contributed by atoms with van der Waals surface area (Å²) in [7, 11) is -3.57. The monoisotopic (exact) mass is 551 g/mol. The molecule has 10 heteroatoms. The van der Waals surface area contributed by atoms with Crippen LogP contribution in [0.15, 0.2) is 57.0 Å². The Bertz CT molecular complexity index is 1240. The van der Waals surface area contributed by atoms with Crippen molar-refractivity contribution in [3.8, 4) is 0 Å². The van der Waals surface area contributed by atoms with Gasteiger partial charge in [-0.05, 0) is 42.7 Å². The number of rotatable bonds is 7. The molecule has 3 aromatic rings. The lowest BCUT2D eigenvalue weighted by Crippen LogP contribution is -2.40. The molecule has 1 aromatic heterocycles. The first-order valence-corrected chi connectivity index (χ1v) is 14.3. The number of nitrogens with zero attached hydrogens (tertiary/aromatic N) is 3. The maximum absolute atomic E-state index is 13.2. The van der Waals surface area contributed by atoms with Crippen LogP contribution >= 0.6 is 27.7 Å². The van der Waals surface area contributed by atoms with E-state index < -0.39 is 10.0 Å². The van der Waals surface area contributed by atoms with Crippen LogP contribution in [0, 0.1) is 0 Å². The molecule has 0 aliphatic carbocycles. The number of morpholine rings is 1. The van der Waals surface area contributed by atoms with E-state index in [1.54, 1.807) is 23.9 Å². The van der Waals surface area contributed by atoms with E-state index in [2.05, 4.69) is 26.6 Å². The van der Waals surface area contributed by atoms with E-state index in [1.165, 1.54) is 9.87 Å². The van der Waals surface area contributed by atoms with Crippen LogP contribution in [-0.2, 0) is 31.8 Å². The van der Waals surface area contributed by atoms with E-state index in [-0.39, 0.29) is 11.0 Å². The Hall–Kier alpha value is -1.43. The topological polar surface area (TPSA) is 73.7 Å². The first-order chi connectivity index (χ1) is 16.0. The van der Waals surface area contributed by atoms with Crippen molar-refractivity contribution in [2.75, 3.05) is 32.9 Å². The summed E-state index contributed by atoms with van der Waals surface area (Å²) >= 11 is 5.28. The molecule has 0 bridgehead atoms. The highest BCUT2D eigenvalue weighted by atomic mass is 79.9. The fourth-order valence-electron chi connectivity index (χ4n) is 4.22. The maximum atomic E-state index is 13.2. The zero-order chi connectivity index (χ0) is 22.8. The normalized spacial score (nSPS) is 20.0. The molecule has 5 rings (SSSR count). The molecular weight excluding hydrogens is 526 g/mol. The molecule has 0 saturated carbocycles. The summed E-state index contributed by atoms with van der Waals surface area (Å²) in [5.74, 6) is 0.759. The largest absolute Gasteiger partial charge is 0.379 e. The van der Waals surface area contributed by atoms with Gasteiger partial charge in [0, 0.05) is 29.9 Å². The number of hydrogen-bond donors (Lipinski definition) is 0. The second-order valence-corrected chi connectivity index (χ2v) is 11.9. The molecule has 0 radical (unpaired) electrons. The Morgan fingerprint density at radius 1 is 1.12 bits per heavy atom. The minimum Gasteiger partial charge on any atom is -0.379 e. The van der Waals surface area contributed by atoms with Crippen molar-refractivity contribution in [2.45, 2.75) is 41.3 Å². The Morgan fingerprint density at radius 3 is 2.70 bits per heavy atom. The van der Waals surface area contributed by atoms with Crippen molar-refractivity contribution in [1.29, 1.82) is 0 Å². The van der Waals surface area contributed by atoms with Crippen molar-refractivity contribution >= 4 is 48.7 Å². The average Bonchev–Trinajstić information content (AvgIpc) is 3.47. The first-order valence-electron chi connectivity index (χ1n) is 11.1. The summed E-state index contributed by atoms with van der Waals surface area (Å²) in [6, 6.07) is 13.4. The van der Waals surface area contributed by atoms with Gasteiger partial charge in [-0.3, -0.25) is 0 Å². The number of halogens is 1.